The lowest BCUT2D eigenvalue weighted by atomic mass is 9.85. The van der Waals surface area contributed by atoms with Gasteiger partial charge in [0, 0.05) is 12.1 Å². The standard InChI is InChI=1S/C23H29N3O2/c1-15-18(16(2)25-22(28)19(15)14-24)11-12-21(27)26-20(13-23(3,4)5)17-9-7-6-8-10-17/h6-10,20H,11-13H2,1-5H3,(H,25,28)(H,26,27). The van der Waals surface area contributed by atoms with Gasteiger partial charge in [-0.05, 0) is 48.8 Å². The van der Waals surface area contributed by atoms with Crippen LogP contribution >= 0.6 is 0 Å². The van der Waals surface area contributed by atoms with Gasteiger partial charge in [0.05, 0.1) is 6.04 Å². The van der Waals surface area contributed by atoms with E-state index in [1.165, 1.54) is 0 Å². The highest BCUT2D eigenvalue weighted by molar-refractivity contribution is 5.76. The fraction of sp³-hybridized carbons (Fsp3) is 0.435. The van der Waals surface area contributed by atoms with Crippen molar-refractivity contribution in [3.05, 3.63) is 68.6 Å². The fourth-order valence-corrected chi connectivity index (χ4v) is 3.48. The van der Waals surface area contributed by atoms with E-state index in [4.69, 9.17) is 0 Å². The van der Waals surface area contributed by atoms with Crippen molar-refractivity contribution in [3.8, 4) is 6.07 Å². The second-order valence-electron chi connectivity index (χ2n) is 8.47. The number of nitrogens with zero attached hydrogens (tertiary/aromatic N) is 1. The monoisotopic (exact) mass is 379 g/mol. The van der Waals surface area contributed by atoms with Crippen LogP contribution in [-0.2, 0) is 11.2 Å². The maximum atomic E-state index is 12.7. The maximum absolute atomic E-state index is 12.7. The number of carbonyl (C=O) groups excluding carboxylic acids is 1. The van der Waals surface area contributed by atoms with Crippen molar-refractivity contribution in [3.63, 3.8) is 0 Å². The summed E-state index contributed by atoms with van der Waals surface area (Å²) in [5, 5.41) is 12.4. The minimum atomic E-state index is -0.375. The molecular formula is C23H29N3O2. The van der Waals surface area contributed by atoms with E-state index >= 15 is 0 Å². The molecule has 0 saturated carbocycles. The van der Waals surface area contributed by atoms with Gasteiger partial charge in [0.1, 0.15) is 11.6 Å². The van der Waals surface area contributed by atoms with Crippen LogP contribution < -0.4 is 10.9 Å². The molecule has 2 N–H and O–H groups in total. The normalized spacial score (nSPS) is 12.3. The second kappa shape index (κ2) is 8.88. The molecule has 1 atom stereocenters. The summed E-state index contributed by atoms with van der Waals surface area (Å²) in [5.74, 6) is -0.0402. The van der Waals surface area contributed by atoms with Crippen LogP contribution in [0.3, 0.4) is 0 Å². The number of H-pyrrole nitrogens is 1. The predicted octanol–water partition coefficient (Wildman–Crippen LogP) is 4.09. The largest absolute Gasteiger partial charge is 0.349 e. The number of carbonyl (C=O) groups is 1. The van der Waals surface area contributed by atoms with E-state index in [9.17, 15) is 14.9 Å². The molecule has 0 saturated heterocycles. The van der Waals surface area contributed by atoms with Crippen LogP contribution in [0.2, 0.25) is 0 Å². The third-order valence-electron chi connectivity index (χ3n) is 4.88. The highest BCUT2D eigenvalue weighted by Crippen LogP contribution is 2.29. The molecule has 1 amide bonds. The van der Waals surface area contributed by atoms with E-state index in [1.54, 1.807) is 13.8 Å². The molecule has 0 bridgehead atoms. The Morgan fingerprint density at radius 1 is 1.21 bits per heavy atom. The zero-order valence-corrected chi connectivity index (χ0v) is 17.3. The van der Waals surface area contributed by atoms with Crippen molar-refractivity contribution in [1.82, 2.24) is 10.3 Å². The van der Waals surface area contributed by atoms with Crippen molar-refractivity contribution < 1.29 is 4.79 Å². The average Bonchev–Trinajstić information content (AvgIpc) is 2.60. The van der Waals surface area contributed by atoms with E-state index in [1.807, 2.05) is 36.4 Å². The molecule has 0 aliphatic carbocycles. The molecule has 0 fully saturated rings. The van der Waals surface area contributed by atoms with Crippen LogP contribution in [0.25, 0.3) is 0 Å². The molecule has 5 nitrogen and oxygen atoms in total. The second-order valence-corrected chi connectivity index (χ2v) is 8.47. The number of aromatic nitrogens is 1. The number of aryl methyl sites for hydroxylation is 1. The summed E-state index contributed by atoms with van der Waals surface area (Å²) in [4.78, 5) is 27.3. The number of hydrogen-bond donors (Lipinski definition) is 2. The van der Waals surface area contributed by atoms with E-state index in [0.717, 1.165) is 17.5 Å². The van der Waals surface area contributed by atoms with E-state index in [0.29, 0.717) is 24.1 Å². The molecule has 0 aliphatic rings. The molecule has 148 valence electrons. The Morgan fingerprint density at radius 3 is 2.43 bits per heavy atom. The number of aromatic amines is 1. The van der Waals surface area contributed by atoms with Crippen molar-refractivity contribution in [2.24, 2.45) is 5.41 Å². The summed E-state index contributed by atoms with van der Waals surface area (Å²) in [6.45, 7) is 10.0. The van der Waals surface area contributed by atoms with Gasteiger partial charge in [-0.15, -0.1) is 0 Å². The quantitative estimate of drug-likeness (QED) is 0.792. The SMILES string of the molecule is Cc1[nH]c(=O)c(C#N)c(C)c1CCC(=O)NC(CC(C)(C)C)c1ccccc1. The number of rotatable bonds is 6. The molecule has 5 heteroatoms. The van der Waals surface area contributed by atoms with Crippen LogP contribution in [0.15, 0.2) is 35.1 Å². The predicted molar refractivity (Wildman–Crippen MR) is 111 cm³/mol. The molecule has 1 heterocycles. The Kier molecular flexibility index (Phi) is 6.80. The summed E-state index contributed by atoms with van der Waals surface area (Å²) in [7, 11) is 0. The van der Waals surface area contributed by atoms with Gasteiger partial charge in [0.15, 0.2) is 0 Å². The lowest BCUT2D eigenvalue weighted by Gasteiger charge is -2.27. The van der Waals surface area contributed by atoms with Gasteiger partial charge in [-0.3, -0.25) is 9.59 Å². The summed E-state index contributed by atoms with van der Waals surface area (Å²) >= 11 is 0. The minimum Gasteiger partial charge on any atom is -0.349 e. The van der Waals surface area contributed by atoms with Gasteiger partial charge in [0.25, 0.3) is 5.56 Å². The molecular weight excluding hydrogens is 350 g/mol. The molecule has 1 unspecified atom stereocenters. The number of nitriles is 1. The highest BCUT2D eigenvalue weighted by atomic mass is 16.1. The summed E-state index contributed by atoms with van der Waals surface area (Å²) in [5.41, 5.74) is 3.14. The molecule has 28 heavy (non-hydrogen) atoms. The lowest BCUT2D eigenvalue weighted by molar-refractivity contribution is -0.122. The highest BCUT2D eigenvalue weighted by Gasteiger charge is 2.22. The molecule has 2 aromatic rings. The lowest BCUT2D eigenvalue weighted by Crippen LogP contribution is -2.31. The first kappa shape index (κ1) is 21.4. The summed E-state index contributed by atoms with van der Waals surface area (Å²) < 4.78 is 0. The number of pyridine rings is 1. The minimum absolute atomic E-state index is 0.0402. The number of amides is 1. The summed E-state index contributed by atoms with van der Waals surface area (Å²) in [6.07, 6.45) is 1.61. The van der Waals surface area contributed by atoms with E-state index in [2.05, 4.69) is 31.1 Å². The molecule has 1 aromatic carbocycles. The smallest absolute Gasteiger partial charge is 0.266 e. The number of nitrogens with one attached hydrogen (secondary N) is 2. The zero-order valence-electron chi connectivity index (χ0n) is 17.3. The third-order valence-corrected chi connectivity index (χ3v) is 4.88. The Morgan fingerprint density at radius 2 is 1.86 bits per heavy atom. The Labute approximate surface area is 166 Å². The fourth-order valence-electron chi connectivity index (χ4n) is 3.48. The maximum Gasteiger partial charge on any atom is 0.266 e. The van der Waals surface area contributed by atoms with Crippen LogP contribution in [0, 0.1) is 30.6 Å². The molecule has 0 aliphatic heterocycles. The number of hydrogen-bond acceptors (Lipinski definition) is 3. The van der Waals surface area contributed by atoms with E-state index < -0.39 is 0 Å². The van der Waals surface area contributed by atoms with Crippen LogP contribution in [0.5, 0.6) is 0 Å². The molecule has 0 radical (unpaired) electrons. The van der Waals surface area contributed by atoms with Gasteiger partial charge in [-0.2, -0.15) is 5.26 Å². The number of benzene rings is 1. The van der Waals surface area contributed by atoms with Gasteiger partial charge in [0.2, 0.25) is 5.91 Å². The average molecular weight is 380 g/mol. The summed E-state index contributed by atoms with van der Waals surface area (Å²) in [6, 6.07) is 11.9. The molecule has 2 rings (SSSR count). The first-order valence-corrected chi connectivity index (χ1v) is 9.59. The molecule has 0 spiro atoms. The Bertz CT molecular complexity index is 931. The first-order valence-electron chi connectivity index (χ1n) is 9.59. The van der Waals surface area contributed by atoms with Crippen molar-refractivity contribution in [1.29, 1.82) is 5.26 Å². The van der Waals surface area contributed by atoms with Gasteiger partial charge in [-0.1, -0.05) is 51.1 Å². The molecule has 1 aromatic heterocycles. The van der Waals surface area contributed by atoms with Crippen LogP contribution in [-0.4, -0.2) is 10.9 Å². The Hall–Kier alpha value is -2.87. The van der Waals surface area contributed by atoms with Crippen molar-refractivity contribution in [2.45, 2.75) is 59.9 Å². The zero-order chi connectivity index (χ0) is 20.9. The van der Waals surface area contributed by atoms with Crippen molar-refractivity contribution in [2.75, 3.05) is 0 Å². The first-order chi connectivity index (χ1) is 13.1. The van der Waals surface area contributed by atoms with Gasteiger partial charge < -0.3 is 10.3 Å². The van der Waals surface area contributed by atoms with E-state index in [-0.39, 0.29) is 28.5 Å². The Balaban J connectivity index is 2.14. The van der Waals surface area contributed by atoms with Crippen LogP contribution in [0.4, 0.5) is 0 Å². The van der Waals surface area contributed by atoms with Crippen LogP contribution in [0.1, 0.15) is 67.6 Å². The topological polar surface area (TPSA) is 85.8 Å². The van der Waals surface area contributed by atoms with Gasteiger partial charge >= 0.3 is 0 Å². The van der Waals surface area contributed by atoms with Crippen molar-refractivity contribution >= 4 is 5.91 Å². The van der Waals surface area contributed by atoms with Gasteiger partial charge in [-0.25, -0.2) is 0 Å². The third kappa shape index (κ3) is 5.56.